The zero-order chi connectivity index (χ0) is 11.1. The van der Waals surface area contributed by atoms with Gasteiger partial charge < -0.3 is 10.6 Å². The molecule has 1 aromatic carbocycles. The minimum absolute atomic E-state index is 0.197. The van der Waals surface area contributed by atoms with Gasteiger partial charge in [0.05, 0.1) is 0 Å². The molecule has 1 aromatic rings. The van der Waals surface area contributed by atoms with Crippen LogP contribution in [0.15, 0.2) is 18.2 Å². The van der Waals surface area contributed by atoms with Crippen LogP contribution >= 0.6 is 0 Å². The number of nitrogens with zero attached hydrogens (tertiary/aromatic N) is 1. The molecule has 0 aliphatic carbocycles. The predicted molar refractivity (Wildman–Crippen MR) is 65.2 cm³/mol. The first kappa shape index (κ1) is 10.5. The SMILES string of the molecule is [CH2]c1cccc2c1C(C)(C)CN2CCN. The van der Waals surface area contributed by atoms with Gasteiger partial charge in [-0.3, -0.25) is 0 Å². The minimum Gasteiger partial charge on any atom is -0.369 e. The molecule has 2 rings (SSSR count). The Bertz CT molecular complexity index is 369. The third-order valence-corrected chi connectivity index (χ3v) is 3.13. The highest BCUT2D eigenvalue weighted by molar-refractivity contribution is 5.65. The van der Waals surface area contributed by atoms with Crippen LogP contribution in [0.4, 0.5) is 5.69 Å². The normalized spacial score (nSPS) is 18.0. The fourth-order valence-electron chi connectivity index (χ4n) is 2.63. The molecule has 0 fully saturated rings. The lowest BCUT2D eigenvalue weighted by molar-refractivity contribution is 0.550. The number of benzene rings is 1. The van der Waals surface area contributed by atoms with Crippen LogP contribution in [-0.4, -0.2) is 19.6 Å². The van der Waals surface area contributed by atoms with Crippen LogP contribution in [0.5, 0.6) is 0 Å². The average Bonchev–Trinajstić information content (AvgIpc) is 2.40. The predicted octanol–water partition coefficient (Wildman–Crippen LogP) is 1.93. The summed E-state index contributed by atoms with van der Waals surface area (Å²) in [6, 6.07) is 6.34. The smallest absolute Gasteiger partial charge is 0.0408 e. The Labute approximate surface area is 92.1 Å². The molecule has 0 saturated carbocycles. The summed E-state index contributed by atoms with van der Waals surface area (Å²) in [6.07, 6.45) is 0. The molecule has 1 aliphatic heterocycles. The first-order valence-corrected chi connectivity index (χ1v) is 5.47. The van der Waals surface area contributed by atoms with E-state index in [1.165, 1.54) is 11.3 Å². The van der Waals surface area contributed by atoms with Crippen molar-refractivity contribution in [3.8, 4) is 0 Å². The van der Waals surface area contributed by atoms with E-state index < -0.39 is 0 Å². The Hall–Kier alpha value is -1.02. The van der Waals surface area contributed by atoms with E-state index in [0.29, 0.717) is 6.54 Å². The molecule has 15 heavy (non-hydrogen) atoms. The molecule has 2 nitrogen and oxygen atoms in total. The maximum Gasteiger partial charge on any atom is 0.0408 e. The van der Waals surface area contributed by atoms with Gasteiger partial charge in [-0.2, -0.15) is 0 Å². The molecular formula is C13H19N2. The second-order valence-corrected chi connectivity index (χ2v) is 4.91. The summed E-state index contributed by atoms with van der Waals surface area (Å²) < 4.78 is 0. The van der Waals surface area contributed by atoms with Gasteiger partial charge in [-0.25, -0.2) is 0 Å². The van der Waals surface area contributed by atoms with E-state index in [1.54, 1.807) is 0 Å². The molecule has 0 amide bonds. The summed E-state index contributed by atoms with van der Waals surface area (Å²) in [4.78, 5) is 2.37. The Morgan fingerprint density at radius 3 is 2.87 bits per heavy atom. The molecule has 0 bridgehead atoms. The van der Waals surface area contributed by atoms with Crippen molar-refractivity contribution in [3.05, 3.63) is 36.2 Å². The molecule has 1 aliphatic rings. The number of hydrogen-bond donors (Lipinski definition) is 1. The molecule has 2 heteroatoms. The summed E-state index contributed by atoms with van der Waals surface area (Å²) in [7, 11) is 0. The van der Waals surface area contributed by atoms with E-state index in [1.807, 2.05) is 0 Å². The van der Waals surface area contributed by atoms with Crippen LogP contribution in [0.1, 0.15) is 25.0 Å². The minimum atomic E-state index is 0.197. The van der Waals surface area contributed by atoms with Crippen LogP contribution in [0.3, 0.4) is 0 Å². The van der Waals surface area contributed by atoms with Crippen molar-refractivity contribution in [1.82, 2.24) is 0 Å². The quantitative estimate of drug-likeness (QED) is 0.795. The second-order valence-electron chi connectivity index (χ2n) is 4.91. The van der Waals surface area contributed by atoms with Crippen LogP contribution < -0.4 is 10.6 Å². The third-order valence-electron chi connectivity index (χ3n) is 3.13. The van der Waals surface area contributed by atoms with Gasteiger partial charge in [0.2, 0.25) is 0 Å². The molecule has 0 aromatic heterocycles. The molecule has 81 valence electrons. The highest BCUT2D eigenvalue weighted by Crippen LogP contribution is 2.41. The lowest BCUT2D eigenvalue weighted by Crippen LogP contribution is -2.32. The maximum atomic E-state index is 5.63. The second kappa shape index (κ2) is 3.53. The van der Waals surface area contributed by atoms with Crippen LogP contribution in [0, 0.1) is 6.92 Å². The van der Waals surface area contributed by atoms with Gasteiger partial charge in [0, 0.05) is 30.7 Å². The van der Waals surface area contributed by atoms with Gasteiger partial charge in [0.25, 0.3) is 0 Å². The number of anilines is 1. The van der Waals surface area contributed by atoms with Crippen LogP contribution in [0.25, 0.3) is 0 Å². The maximum absolute atomic E-state index is 5.63. The van der Waals surface area contributed by atoms with E-state index in [-0.39, 0.29) is 5.41 Å². The summed E-state index contributed by atoms with van der Waals surface area (Å²) >= 11 is 0. The highest BCUT2D eigenvalue weighted by atomic mass is 15.2. The molecule has 1 radical (unpaired) electrons. The lowest BCUT2D eigenvalue weighted by atomic mass is 9.84. The van der Waals surface area contributed by atoms with Crippen molar-refractivity contribution in [3.63, 3.8) is 0 Å². The largest absolute Gasteiger partial charge is 0.369 e. The average molecular weight is 203 g/mol. The monoisotopic (exact) mass is 203 g/mol. The Balaban J connectivity index is 2.48. The lowest BCUT2D eigenvalue weighted by Gasteiger charge is -2.21. The summed E-state index contributed by atoms with van der Waals surface area (Å²) in [5, 5.41) is 0. The first-order chi connectivity index (χ1) is 7.06. The van der Waals surface area contributed by atoms with Crippen molar-refractivity contribution in [2.24, 2.45) is 5.73 Å². The van der Waals surface area contributed by atoms with E-state index in [4.69, 9.17) is 5.73 Å². The van der Waals surface area contributed by atoms with Crippen molar-refractivity contribution in [2.75, 3.05) is 24.5 Å². The number of rotatable bonds is 2. The van der Waals surface area contributed by atoms with Gasteiger partial charge in [-0.05, 0) is 24.1 Å². The summed E-state index contributed by atoms with van der Waals surface area (Å²) in [5.41, 5.74) is 9.69. The zero-order valence-corrected chi connectivity index (χ0v) is 9.59. The first-order valence-electron chi connectivity index (χ1n) is 5.47. The Morgan fingerprint density at radius 2 is 2.20 bits per heavy atom. The van der Waals surface area contributed by atoms with Gasteiger partial charge in [-0.1, -0.05) is 26.0 Å². The topological polar surface area (TPSA) is 29.3 Å². The molecule has 0 atom stereocenters. The fraction of sp³-hybridized carbons (Fsp3) is 0.462. The van der Waals surface area contributed by atoms with Crippen LogP contribution in [0.2, 0.25) is 0 Å². The molecule has 1 heterocycles. The van der Waals surface area contributed by atoms with Crippen molar-refractivity contribution in [2.45, 2.75) is 19.3 Å². The van der Waals surface area contributed by atoms with E-state index in [2.05, 4.69) is 43.9 Å². The van der Waals surface area contributed by atoms with E-state index in [9.17, 15) is 0 Å². The van der Waals surface area contributed by atoms with Crippen molar-refractivity contribution >= 4 is 5.69 Å². The van der Waals surface area contributed by atoms with Gasteiger partial charge in [0.15, 0.2) is 0 Å². The molecule has 0 unspecified atom stereocenters. The molecule has 0 spiro atoms. The molecular weight excluding hydrogens is 184 g/mol. The fourth-order valence-corrected chi connectivity index (χ4v) is 2.63. The van der Waals surface area contributed by atoms with Crippen molar-refractivity contribution in [1.29, 1.82) is 0 Å². The third kappa shape index (κ3) is 1.63. The Morgan fingerprint density at radius 1 is 1.47 bits per heavy atom. The number of nitrogens with two attached hydrogens (primary N) is 1. The van der Waals surface area contributed by atoms with Crippen molar-refractivity contribution < 1.29 is 0 Å². The highest BCUT2D eigenvalue weighted by Gasteiger charge is 2.35. The van der Waals surface area contributed by atoms with E-state index in [0.717, 1.165) is 18.7 Å². The van der Waals surface area contributed by atoms with E-state index >= 15 is 0 Å². The zero-order valence-electron chi connectivity index (χ0n) is 9.59. The van der Waals surface area contributed by atoms with Gasteiger partial charge >= 0.3 is 0 Å². The summed E-state index contributed by atoms with van der Waals surface area (Å²) in [5.74, 6) is 0. The Kier molecular flexibility index (Phi) is 2.47. The number of fused-ring (bicyclic) bond motifs is 1. The van der Waals surface area contributed by atoms with Gasteiger partial charge in [0.1, 0.15) is 0 Å². The molecule has 2 N–H and O–H groups in total. The number of hydrogen-bond acceptors (Lipinski definition) is 2. The summed E-state index contributed by atoms with van der Waals surface area (Å²) in [6.45, 7) is 11.4. The van der Waals surface area contributed by atoms with Gasteiger partial charge in [-0.15, -0.1) is 0 Å². The molecule has 0 saturated heterocycles. The standard InChI is InChI=1S/C13H19N2/c1-10-5-4-6-11-12(10)13(2,3)9-15(11)8-7-14/h4-6H,1,7-9,14H2,2-3H3. The van der Waals surface area contributed by atoms with Crippen LogP contribution in [-0.2, 0) is 5.41 Å².